The maximum atomic E-state index is 11.6. The van der Waals surface area contributed by atoms with Gasteiger partial charge in [-0.3, -0.25) is 4.79 Å². The van der Waals surface area contributed by atoms with Gasteiger partial charge >= 0.3 is 0 Å². The molecule has 0 aliphatic carbocycles. The normalized spacial score (nSPS) is 9.95. The highest BCUT2D eigenvalue weighted by Crippen LogP contribution is 2.08. The molecule has 2 rings (SSSR count). The summed E-state index contributed by atoms with van der Waals surface area (Å²) in [5, 5.41) is 10.2. The number of amides is 1. The molecule has 6 heteroatoms. The van der Waals surface area contributed by atoms with Gasteiger partial charge in [-0.05, 0) is 31.2 Å². The van der Waals surface area contributed by atoms with Crippen molar-refractivity contribution in [2.75, 3.05) is 20.1 Å². The summed E-state index contributed by atoms with van der Waals surface area (Å²) >= 11 is 0. The van der Waals surface area contributed by atoms with E-state index >= 15 is 0 Å². The lowest BCUT2D eigenvalue weighted by atomic mass is 10.2. The van der Waals surface area contributed by atoms with E-state index in [-0.39, 0.29) is 18.3 Å². The van der Waals surface area contributed by atoms with E-state index in [4.69, 9.17) is 0 Å². The average Bonchev–Trinajstić information content (AvgIpc) is 2.95. The maximum Gasteiger partial charge on any atom is 0.220 e. The monoisotopic (exact) mass is 308 g/mol. The second-order valence-corrected chi connectivity index (χ2v) is 4.58. The van der Waals surface area contributed by atoms with Crippen LogP contribution in [-0.4, -0.2) is 35.8 Å². The molecule has 0 spiro atoms. The molecule has 114 valence electrons. The number of hydrogen-bond acceptors (Lipinski definition) is 3. The van der Waals surface area contributed by atoms with E-state index in [1.165, 1.54) is 0 Å². The van der Waals surface area contributed by atoms with E-state index in [0.717, 1.165) is 17.8 Å². The van der Waals surface area contributed by atoms with Crippen LogP contribution in [-0.2, 0) is 11.2 Å². The third-order valence-corrected chi connectivity index (χ3v) is 2.99. The molecule has 1 aromatic heterocycles. The van der Waals surface area contributed by atoms with Gasteiger partial charge in [0.1, 0.15) is 0 Å². The molecule has 0 radical (unpaired) electrons. The molecule has 1 heterocycles. The van der Waals surface area contributed by atoms with Crippen molar-refractivity contribution >= 4 is 18.3 Å². The Hall–Kier alpha value is -1.85. The van der Waals surface area contributed by atoms with E-state index in [1.54, 1.807) is 0 Å². The number of benzene rings is 1. The largest absolute Gasteiger partial charge is 0.355 e. The Kier molecular flexibility index (Phi) is 7.50. The first-order valence-electron chi connectivity index (χ1n) is 6.80. The summed E-state index contributed by atoms with van der Waals surface area (Å²) in [5.41, 5.74) is 2.09. The molecule has 0 aliphatic heterocycles. The minimum atomic E-state index is 0. The number of halogens is 1. The molecular formula is C15H21ClN4O. The van der Waals surface area contributed by atoms with Crippen LogP contribution < -0.4 is 10.6 Å². The number of rotatable bonds is 7. The van der Waals surface area contributed by atoms with Gasteiger partial charge in [0, 0.05) is 25.7 Å². The molecule has 0 bridgehead atoms. The van der Waals surface area contributed by atoms with Gasteiger partial charge in [-0.2, -0.15) is 5.10 Å². The van der Waals surface area contributed by atoms with Crippen LogP contribution in [0.5, 0.6) is 0 Å². The Balaban J connectivity index is 0.00000220. The topological polar surface area (TPSA) is 58.9 Å². The first-order valence-corrected chi connectivity index (χ1v) is 6.80. The van der Waals surface area contributed by atoms with Crippen molar-refractivity contribution in [1.29, 1.82) is 0 Å². The summed E-state index contributed by atoms with van der Waals surface area (Å²) in [7, 11) is 1.87. The average molecular weight is 309 g/mol. The molecule has 0 saturated carbocycles. The third kappa shape index (κ3) is 5.57. The highest BCUT2D eigenvalue weighted by Gasteiger charge is 2.04. The van der Waals surface area contributed by atoms with Gasteiger partial charge in [0.15, 0.2) is 0 Å². The molecule has 21 heavy (non-hydrogen) atoms. The summed E-state index contributed by atoms with van der Waals surface area (Å²) in [4.78, 5) is 11.6. The highest BCUT2D eigenvalue weighted by molar-refractivity contribution is 5.85. The standard InChI is InChI=1S/C15H20N4O.ClH/c1-16-9-10-17-15(20)8-7-13-11-18-19(12-13)14-5-3-2-4-6-14;/h2-6,11-12,16H,7-10H2,1H3,(H,17,20);1H. The van der Waals surface area contributed by atoms with Gasteiger partial charge in [0.05, 0.1) is 11.9 Å². The molecule has 1 aromatic carbocycles. The Bertz CT molecular complexity index is 542. The zero-order valence-electron chi connectivity index (χ0n) is 12.1. The smallest absolute Gasteiger partial charge is 0.220 e. The molecule has 0 atom stereocenters. The fraction of sp³-hybridized carbons (Fsp3) is 0.333. The zero-order chi connectivity index (χ0) is 14.2. The highest BCUT2D eigenvalue weighted by atomic mass is 35.5. The Morgan fingerprint density at radius 2 is 2.00 bits per heavy atom. The summed E-state index contributed by atoms with van der Waals surface area (Å²) in [5.74, 6) is 0.0766. The van der Waals surface area contributed by atoms with Gasteiger partial charge in [-0.1, -0.05) is 18.2 Å². The molecular weight excluding hydrogens is 288 g/mol. The van der Waals surface area contributed by atoms with Crippen molar-refractivity contribution in [2.24, 2.45) is 0 Å². The number of carbonyl (C=O) groups is 1. The minimum Gasteiger partial charge on any atom is -0.355 e. The van der Waals surface area contributed by atoms with Crippen LogP contribution in [0.2, 0.25) is 0 Å². The van der Waals surface area contributed by atoms with Crippen LogP contribution in [0.1, 0.15) is 12.0 Å². The van der Waals surface area contributed by atoms with Gasteiger partial charge < -0.3 is 10.6 Å². The molecule has 0 saturated heterocycles. The first kappa shape index (κ1) is 17.2. The first-order chi connectivity index (χ1) is 9.79. The maximum absolute atomic E-state index is 11.6. The van der Waals surface area contributed by atoms with Crippen molar-refractivity contribution in [1.82, 2.24) is 20.4 Å². The number of nitrogens with one attached hydrogen (secondary N) is 2. The second kappa shape index (κ2) is 9.15. The van der Waals surface area contributed by atoms with Gasteiger partial charge in [0.2, 0.25) is 5.91 Å². The fourth-order valence-electron chi connectivity index (χ4n) is 1.88. The van der Waals surface area contributed by atoms with Gasteiger partial charge in [-0.25, -0.2) is 4.68 Å². The van der Waals surface area contributed by atoms with Gasteiger partial charge in [0.25, 0.3) is 0 Å². The summed E-state index contributed by atoms with van der Waals surface area (Å²) < 4.78 is 1.83. The SMILES string of the molecule is CNCCNC(=O)CCc1cnn(-c2ccccc2)c1.Cl. The van der Waals surface area contributed by atoms with Crippen LogP contribution in [0.25, 0.3) is 5.69 Å². The van der Waals surface area contributed by atoms with Crippen molar-refractivity contribution in [3.8, 4) is 5.69 Å². The summed E-state index contributed by atoms with van der Waals surface area (Å²) in [6, 6.07) is 9.93. The Labute approximate surface area is 131 Å². The quantitative estimate of drug-likeness (QED) is 0.763. The molecule has 0 fully saturated rings. The van der Waals surface area contributed by atoms with Crippen LogP contribution in [0, 0.1) is 0 Å². The van der Waals surface area contributed by atoms with E-state index < -0.39 is 0 Å². The van der Waals surface area contributed by atoms with E-state index in [9.17, 15) is 4.79 Å². The number of carbonyl (C=O) groups excluding carboxylic acids is 1. The molecule has 5 nitrogen and oxygen atoms in total. The summed E-state index contributed by atoms with van der Waals surface area (Å²) in [6.07, 6.45) is 4.98. The summed E-state index contributed by atoms with van der Waals surface area (Å²) in [6.45, 7) is 1.45. The minimum absolute atomic E-state index is 0. The fourth-order valence-corrected chi connectivity index (χ4v) is 1.88. The Morgan fingerprint density at radius 1 is 1.24 bits per heavy atom. The lowest BCUT2D eigenvalue weighted by Crippen LogP contribution is -2.30. The van der Waals surface area contributed by atoms with Crippen molar-refractivity contribution in [3.63, 3.8) is 0 Å². The molecule has 0 unspecified atom stereocenters. The molecule has 1 amide bonds. The predicted octanol–water partition coefficient (Wildman–Crippen LogP) is 1.56. The number of likely N-dealkylation sites (N-methyl/N-ethyl adjacent to an activating group) is 1. The third-order valence-electron chi connectivity index (χ3n) is 2.99. The van der Waals surface area contributed by atoms with Crippen molar-refractivity contribution in [2.45, 2.75) is 12.8 Å². The Morgan fingerprint density at radius 3 is 2.71 bits per heavy atom. The van der Waals surface area contributed by atoms with E-state index in [0.29, 0.717) is 19.4 Å². The van der Waals surface area contributed by atoms with Gasteiger partial charge in [-0.15, -0.1) is 12.4 Å². The van der Waals surface area contributed by atoms with Crippen LogP contribution in [0.15, 0.2) is 42.7 Å². The number of hydrogen-bond donors (Lipinski definition) is 2. The lowest BCUT2D eigenvalue weighted by molar-refractivity contribution is -0.121. The van der Waals surface area contributed by atoms with Crippen LogP contribution in [0.4, 0.5) is 0 Å². The van der Waals surface area contributed by atoms with Crippen LogP contribution >= 0.6 is 12.4 Å². The number of aromatic nitrogens is 2. The van der Waals surface area contributed by atoms with Crippen molar-refractivity contribution in [3.05, 3.63) is 48.3 Å². The number of aryl methyl sites for hydroxylation is 1. The molecule has 2 N–H and O–H groups in total. The van der Waals surface area contributed by atoms with Crippen molar-refractivity contribution < 1.29 is 4.79 Å². The van der Waals surface area contributed by atoms with E-state index in [2.05, 4.69) is 15.7 Å². The zero-order valence-corrected chi connectivity index (χ0v) is 12.9. The number of para-hydroxylation sites is 1. The lowest BCUT2D eigenvalue weighted by Gasteiger charge is -2.03. The molecule has 2 aromatic rings. The second-order valence-electron chi connectivity index (χ2n) is 4.58. The van der Waals surface area contributed by atoms with Crippen LogP contribution in [0.3, 0.4) is 0 Å². The van der Waals surface area contributed by atoms with E-state index in [1.807, 2.05) is 54.5 Å². The molecule has 0 aliphatic rings. The number of nitrogens with zero attached hydrogens (tertiary/aromatic N) is 2. The predicted molar refractivity (Wildman–Crippen MR) is 86.1 cm³/mol.